The summed E-state index contributed by atoms with van der Waals surface area (Å²) < 4.78 is 42.9. The number of nitrogens with one attached hydrogen (secondary N) is 1. The van der Waals surface area contributed by atoms with Crippen LogP contribution in [-0.4, -0.2) is 5.91 Å². The fourth-order valence-corrected chi connectivity index (χ4v) is 1.86. The maximum atomic E-state index is 12.6. The van der Waals surface area contributed by atoms with Crippen LogP contribution in [-0.2, 0) is 11.0 Å². The van der Waals surface area contributed by atoms with E-state index in [-0.39, 0.29) is 6.04 Å². The number of alkyl halides is 3. The van der Waals surface area contributed by atoms with Crippen molar-refractivity contribution in [3.63, 3.8) is 0 Å². The Morgan fingerprint density at radius 3 is 2.68 bits per heavy atom. The van der Waals surface area contributed by atoms with Crippen molar-refractivity contribution in [2.75, 3.05) is 0 Å². The first-order valence-electron chi connectivity index (χ1n) is 6.55. The Morgan fingerprint density at radius 1 is 1.27 bits per heavy atom. The van der Waals surface area contributed by atoms with Gasteiger partial charge in [-0.2, -0.15) is 13.2 Å². The first kappa shape index (κ1) is 15.9. The van der Waals surface area contributed by atoms with Crippen molar-refractivity contribution in [3.8, 4) is 0 Å². The van der Waals surface area contributed by atoms with Gasteiger partial charge in [0.25, 0.3) is 0 Å². The largest absolute Gasteiger partial charge is 0.467 e. The van der Waals surface area contributed by atoms with Gasteiger partial charge in [0.1, 0.15) is 5.76 Å². The topological polar surface area (TPSA) is 42.2 Å². The third-order valence-corrected chi connectivity index (χ3v) is 2.97. The van der Waals surface area contributed by atoms with Gasteiger partial charge >= 0.3 is 6.18 Å². The summed E-state index contributed by atoms with van der Waals surface area (Å²) in [6, 6.07) is 7.86. The molecule has 0 aliphatic heterocycles. The van der Waals surface area contributed by atoms with Crippen LogP contribution >= 0.6 is 0 Å². The second-order valence-corrected chi connectivity index (χ2v) is 4.70. The predicted octanol–water partition coefficient (Wildman–Crippen LogP) is 4.19. The van der Waals surface area contributed by atoms with E-state index in [1.807, 2.05) is 0 Å². The number of hydrogen-bond acceptors (Lipinski definition) is 2. The van der Waals surface area contributed by atoms with Crippen molar-refractivity contribution < 1.29 is 22.4 Å². The molecule has 0 radical (unpaired) electrons. The van der Waals surface area contributed by atoms with Gasteiger partial charge in [0.2, 0.25) is 5.91 Å². The van der Waals surface area contributed by atoms with E-state index in [1.54, 1.807) is 19.1 Å². The Hall–Kier alpha value is -2.50. The SMILES string of the molecule is C[C@@H](NC(=O)/C=C/c1cccc(C(F)(F)F)c1)c1ccco1. The molecule has 2 aromatic rings. The summed E-state index contributed by atoms with van der Waals surface area (Å²) in [5.74, 6) is 0.183. The minimum Gasteiger partial charge on any atom is -0.467 e. The van der Waals surface area contributed by atoms with Crippen LogP contribution in [0, 0.1) is 0 Å². The van der Waals surface area contributed by atoms with Crippen LogP contribution in [0.1, 0.15) is 29.9 Å². The maximum Gasteiger partial charge on any atom is 0.416 e. The third kappa shape index (κ3) is 4.25. The van der Waals surface area contributed by atoms with Crippen LogP contribution in [0.3, 0.4) is 0 Å². The average molecular weight is 309 g/mol. The van der Waals surface area contributed by atoms with E-state index < -0.39 is 17.6 Å². The van der Waals surface area contributed by atoms with E-state index in [0.717, 1.165) is 12.1 Å². The minimum atomic E-state index is -4.40. The number of carbonyl (C=O) groups excluding carboxylic acids is 1. The molecule has 0 bridgehead atoms. The molecule has 1 atom stereocenters. The average Bonchev–Trinajstić information content (AvgIpc) is 2.99. The highest BCUT2D eigenvalue weighted by Gasteiger charge is 2.30. The van der Waals surface area contributed by atoms with Crippen molar-refractivity contribution >= 4 is 12.0 Å². The molecular formula is C16H14F3NO2. The molecule has 0 fully saturated rings. The van der Waals surface area contributed by atoms with Crippen LogP contribution in [0.15, 0.2) is 53.2 Å². The molecule has 0 saturated heterocycles. The second kappa shape index (κ2) is 6.51. The molecule has 0 aliphatic rings. The first-order valence-corrected chi connectivity index (χ1v) is 6.55. The number of halogens is 3. The van der Waals surface area contributed by atoms with Crippen LogP contribution in [0.5, 0.6) is 0 Å². The Kier molecular flexibility index (Phi) is 4.70. The van der Waals surface area contributed by atoms with Gasteiger partial charge in [-0.3, -0.25) is 4.79 Å². The monoisotopic (exact) mass is 309 g/mol. The molecule has 1 heterocycles. The molecule has 3 nitrogen and oxygen atoms in total. The van der Waals surface area contributed by atoms with Crippen molar-refractivity contribution in [2.24, 2.45) is 0 Å². The lowest BCUT2D eigenvalue weighted by molar-refractivity contribution is -0.137. The normalized spacial score (nSPS) is 13.3. The van der Waals surface area contributed by atoms with E-state index in [4.69, 9.17) is 4.42 Å². The molecule has 6 heteroatoms. The van der Waals surface area contributed by atoms with E-state index in [9.17, 15) is 18.0 Å². The molecule has 1 N–H and O–H groups in total. The van der Waals surface area contributed by atoms with Crippen molar-refractivity contribution in [2.45, 2.75) is 19.1 Å². The lowest BCUT2D eigenvalue weighted by Crippen LogP contribution is -2.24. The summed E-state index contributed by atoms with van der Waals surface area (Å²) in [6.45, 7) is 1.74. The molecule has 116 valence electrons. The molecule has 0 spiro atoms. The van der Waals surface area contributed by atoms with Gasteiger partial charge in [-0.15, -0.1) is 0 Å². The molecule has 0 saturated carbocycles. The number of carbonyl (C=O) groups is 1. The number of furan rings is 1. The maximum absolute atomic E-state index is 12.6. The molecule has 0 aliphatic carbocycles. The lowest BCUT2D eigenvalue weighted by atomic mass is 10.1. The van der Waals surface area contributed by atoms with E-state index in [1.165, 1.54) is 30.5 Å². The number of rotatable bonds is 4. The summed E-state index contributed by atoms with van der Waals surface area (Å²) in [7, 11) is 0. The fourth-order valence-electron chi connectivity index (χ4n) is 1.86. The molecular weight excluding hydrogens is 295 g/mol. The number of amides is 1. The summed E-state index contributed by atoms with van der Waals surface area (Å²) in [5, 5.41) is 2.66. The Bertz CT molecular complexity index is 660. The van der Waals surface area contributed by atoms with Crippen LogP contribution in [0.2, 0.25) is 0 Å². The number of benzene rings is 1. The van der Waals surface area contributed by atoms with Crippen LogP contribution in [0.25, 0.3) is 6.08 Å². The van der Waals surface area contributed by atoms with Crippen LogP contribution < -0.4 is 5.32 Å². The van der Waals surface area contributed by atoms with Crippen molar-refractivity contribution in [1.29, 1.82) is 0 Å². The Morgan fingerprint density at radius 2 is 2.05 bits per heavy atom. The highest BCUT2D eigenvalue weighted by Crippen LogP contribution is 2.29. The van der Waals surface area contributed by atoms with Crippen LogP contribution in [0.4, 0.5) is 13.2 Å². The van der Waals surface area contributed by atoms with Gasteiger partial charge in [0.15, 0.2) is 0 Å². The second-order valence-electron chi connectivity index (χ2n) is 4.70. The summed E-state index contributed by atoms with van der Waals surface area (Å²) in [6.07, 6.45) is -0.384. The fraction of sp³-hybridized carbons (Fsp3) is 0.188. The lowest BCUT2D eigenvalue weighted by Gasteiger charge is -2.09. The van der Waals surface area contributed by atoms with Gasteiger partial charge in [0.05, 0.1) is 17.9 Å². The molecule has 1 amide bonds. The third-order valence-electron chi connectivity index (χ3n) is 2.97. The van der Waals surface area contributed by atoms with E-state index in [0.29, 0.717) is 11.3 Å². The van der Waals surface area contributed by atoms with Gasteiger partial charge in [-0.25, -0.2) is 0 Å². The van der Waals surface area contributed by atoms with Crippen molar-refractivity contribution in [3.05, 3.63) is 65.6 Å². The highest BCUT2D eigenvalue weighted by molar-refractivity contribution is 5.91. The zero-order valence-electron chi connectivity index (χ0n) is 11.7. The first-order chi connectivity index (χ1) is 10.4. The number of hydrogen-bond donors (Lipinski definition) is 1. The van der Waals surface area contributed by atoms with Gasteiger partial charge in [-0.05, 0) is 42.8 Å². The summed E-state index contributed by atoms with van der Waals surface area (Å²) in [5.41, 5.74) is -0.449. The smallest absolute Gasteiger partial charge is 0.416 e. The van der Waals surface area contributed by atoms with E-state index >= 15 is 0 Å². The van der Waals surface area contributed by atoms with Gasteiger partial charge in [0, 0.05) is 6.08 Å². The zero-order valence-corrected chi connectivity index (χ0v) is 11.7. The zero-order chi connectivity index (χ0) is 16.2. The predicted molar refractivity (Wildman–Crippen MR) is 75.7 cm³/mol. The molecule has 2 rings (SSSR count). The summed E-state index contributed by atoms with van der Waals surface area (Å²) >= 11 is 0. The molecule has 1 aromatic heterocycles. The van der Waals surface area contributed by atoms with E-state index in [2.05, 4.69) is 5.32 Å². The minimum absolute atomic E-state index is 0.302. The molecule has 0 unspecified atom stereocenters. The van der Waals surface area contributed by atoms with Gasteiger partial charge < -0.3 is 9.73 Å². The quantitative estimate of drug-likeness (QED) is 0.861. The Labute approximate surface area is 125 Å². The molecule has 1 aromatic carbocycles. The van der Waals surface area contributed by atoms with Gasteiger partial charge in [-0.1, -0.05) is 12.1 Å². The molecule has 22 heavy (non-hydrogen) atoms. The summed E-state index contributed by atoms with van der Waals surface area (Å²) in [4.78, 5) is 11.7. The highest BCUT2D eigenvalue weighted by atomic mass is 19.4. The van der Waals surface area contributed by atoms with Crippen molar-refractivity contribution in [1.82, 2.24) is 5.32 Å². The standard InChI is InChI=1S/C16H14F3NO2/c1-11(14-6-3-9-22-14)20-15(21)8-7-12-4-2-5-13(10-12)16(17,18)19/h2-11H,1H3,(H,20,21)/b8-7+/t11-/m1/s1. The Balaban J connectivity index is 2.01.